The minimum Gasteiger partial charge on any atom is -0.394 e. The molecule has 3 saturated carbocycles. The molecule has 0 aromatic rings. The van der Waals surface area contributed by atoms with Gasteiger partial charge in [-0.2, -0.15) is 0 Å². The summed E-state index contributed by atoms with van der Waals surface area (Å²) >= 11 is 0. The van der Waals surface area contributed by atoms with Gasteiger partial charge < -0.3 is 189 Å². The highest BCUT2D eigenvalue weighted by Crippen LogP contribution is 2.74. The van der Waals surface area contributed by atoms with Gasteiger partial charge in [0.2, 0.25) is 0 Å². The van der Waals surface area contributed by atoms with E-state index in [1.807, 2.05) is 13.0 Å². The van der Waals surface area contributed by atoms with E-state index in [1.54, 1.807) is 6.92 Å². The van der Waals surface area contributed by atoms with Crippen molar-refractivity contribution in [3.63, 3.8) is 0 Å². The molecule has 11 rings (SSSR count). The molecule has 0 aromatic carbocycles. The summed E-state index contributed by atoms with van der Waals surface area (Å²) in [4.78, 5) is 15.7. The molecule has 0 bridgehead atoms. The average molecular weight is 1620 g/mol. The molecule has 0 radical (unpaired) electrons. The third kappa shape index (κ3) is 16.9. The van der Waals surface area contributed by atoms with Crippen LogP contribution in [0, 0.1) is 51.2 Å². The minimum absolute atomic E-state index is 0.00178. The molecule has 39 heteroatoms. The number of hydrogen-bond donors (Lipinski definition) is 24. The van der Waals surface area contributed by atoms with E-state index >= 15 is 4.79 Å². The second kappa shape index (κ2) is 35.9. The first kappa shape index (κ1) is 90.7. The van der Waals surface area contributed by atoms with E-state index in [9.17, 15) is 123 Å². The lowest BCUT2D eigenvalue weighted by Gasteiger charge is -2.65. The normalized spacial score (nSPS) is 52.1. The van der Waals surface area contributed by atoms with Crippen molar-refractivity contribution in [1.29, 1.82) is 0 Å². The topological polar surface area (TPSA) is 632 Å². The third-order valence-corrected chi connectivity index (χ3v) is 27.3. The second-order valence-corrected chi connectivity index (χ2v) is 34.4. The van der Waals surface area contributed by atoms with Crippen LogP contribution in [-0.4, -0.2) is 408 Å². The molecule has 0 amide bonds. The molecule has 648 valence electrons. The molecule has 4 aliphatic carbocycles. The van der Waals surface area contributed by atoms with Crippen LogP contribution in [0.4, 0.5) is 0 Å². The molecule has 7 heterocycles. The molecule has 10 fully saturated rings. The fourth-order valence-electron chi connectivity index (χ4n) is 19.7. The first-order valence-electron chi connectivity index (χ1n) is 38.9. The van der Waals surface area contributed by atoms with Crippen molar-refractivity contribution in [3.8, 4) is 0 Å². The van der Waals surface area contributed by atoms with Crippen LogP contribution in [0.2, 0.25) is 0 Å². The lowest BCUT2D eigenvalue weighted by Crippen LogP contribution is -2.67. The number of rotatable bonds is 27. The van der Waals surface area contributed by atoms with E-state index in [4.69, 9.17) is 66.3 Å². The van der Waals surface area contributed by atoms with Crippen LogP contribution in [0.5, 0.6) is 0 Å². The van der Waals surface area contributed by atoms with Crippen molar-refractivity contribution in [3.05, 3.63) is 11.6 Å². The molecule has 0 unspecified atom stereocenters. The van der Waals surface area contributed by atoms with E-state index < -0.39 is 313 Å². The zero-order chi connectivity index (χ0) is 82.2. The van der Waals surface area contributed by atoms with Gasteiger partial charge in [-0.15, -0.1) is 0 Å². The summed E-state index contributed by atoms with van der Waals surface area (Å²) in [6, 6.07) is 0. The van der Waals surface area contributed by atoms with Gasteiger partial charge in [0.05, 0.1) is 76.8 Å². The highest BCUT2D eigenvalue weighted by atomic mass is 16.8. The summed E-state index contributed by atoms with van der Waals surface area (Å²) in [7, 11) is 0. The molecule has 7 aliphatic heterocycles. The Kier molecular flexibility index (Phi) is 29.1. The summed E-state index contributed by atoms with van der Waals surface area (Å²) in [5.74, 6) is -1.71. The van der Waals surface area contributed by atoms with Crippen molar-refractivity contribution in [2.24, 2.45) is 51.2 Å². The Balaban J connectivity index is 0.762. The number of ketones is 1. The summed E-state index contributed by atoms with van der Waals surface area (Å²) in [5.41, 5.74) is -4.35. The Morgan fingerprint density at radius 3 is 1.38 bits per heavy atom. The maximum Gasteiger partial charge on any atom is 0.187 e. The van der Waals surface area contributed by atoms with E-state index in [0.29, 0.717) is 37.7 Å². The maximum atomic E-state index is 15.7. The molecule has 0 aromatic heterocycles. The zero-order valence-corrected chi connectivity index (χ0v) is 63.9. The van der Waals surface area contributed by atoms with Crippen LogP contribution in [0.15, 0.2) is 11.6 Å². The smallest absolute Gasteiger partial charge is 0.187 e. The number of fused-ring (bicyclic) bond motifs is 5. The monoisotopic (exact) mass is 1620 g/mol. The Hall–Kier alpha value is -2.11. The number of hydrogen-bond acceptors (Lipinski definition) is 39. The standard InChI is InChI=1S/C73H122O39/c1-26(9-14-41(69(3,4)98)110-65-57(95)52(90)47(85)36(108-65)23-101-64-56(94)51(89)46(84)35(107-64)22-99-62-43(81)27(2)42(80)31(18-74)103-62)28-15-16-71(6)38-12-10-29-30(73(38,8)40(79)17-72(28,71)7)11-13-39(78)70(29,5)25-102-68-61(53(91)48(86)37(109-68)24-100-63-55(93)49(87)44(82)32(19-75)104-63)112-67-59(97)54(92)60(34(21-77)106-67)111-66-58(96)50(88)45(83)33(20-76)105-66/h10,26-28,30-39,41-68,74-78,80-98H,9,11-25H2,1-8H3/t26-,27+,28-,30-,31-,32-,33-,34-,35-,36-,37-,38+,39+,41-,42+,43-,44-,45-,46-,47-,48-,49+,50+,51+,52+,53+,54-,55-,56-,57-,58-,59-,60-,61-,62-,63-,64-,65+,66+,67+,68-,70+,71+,72-,73+/m1/s1. The summed E-state index contributed by atoms with van der Waals surface area (Å²) in [5, 5.41) is 262. The predicted molar refractivity (Wildman–Crippen MR) is 369 cm³/mol. The number of carbonyl (C=O) groups is 1. The number of aliphatic hydroxyl groups is 24. The van der Waals surface area contributed by atoms with Gasteiger partial charge in [0.15, 0.2) is 44.0 Å². The molecule has 39 nitrogen and oxygen atoms in total. The number of carbonyl (C=O) groups excluding carboxylic acids is 1. The summed E-state index contributed by atoms with van der Waals surface area (Å²) in [6.07, 6.45) is -56.7. The number of allylic oxidation sites excluding steroid dienone is 1. The van der Waals surface area contributed by atoms with E-state index in [-0.39, 0.29) is 42.8 Å². The van der Waals surface area contributed by atoms with Crippen LogP contribution < -0.4 is 0 Å². The van der Waals surface area contributed by atoms with Gasteiger partial charge in [-0.05, 0) is 93.3 Å². The van der Waals surface area contributed by atoms with E-state index in [1.165, 1.54) is 20.8 Å². The molecular weight excluding hydrogens is 1500 g/mol. The van der Waals surface area contributed by atoms with Crippen LogP contribution in [0.3, 0.4) is 0 Å². The SMILES string of the molecule is C[C@@H]1[C@@H](O)[C@H](OC[C@H]2O[C@@H](OC[C@H]3O[C@@H](O[C@H](CC[C@@H](C)[C@H]4CC[C@@]5(C)[C@@H]6CC=C7[C@@H](CC[C@H](O)[C@@]7(C)CO[C@@H]7O[C@H](CO[C@@H]8O[C@H](CO)[C@@H](O)[C@H](O)[C@H]8O)[C@@H](O)[C@H](O)[C@H]7O[C@@H]7O[C@H](CO)[C@@H](O[C@@H]8O[C@H](CO)[C@@H](O)[C@H](O)[C@H]8O)[C@H](O)[C@H]7O)[C@]6(C)C(=O)C[C@]45C)C(C)(C)O)[C@H](O)[C@@H](O)[C@@H]3O)[C@H](O)[C@@H](O)[C@@H]2O)O[C@H](CO)[C@H]1O. The fraction of sp³-hybridized carbons (Fsp3) is 0.959. The van der Waals surface area contributed by atoms with Crippen molar-refractivity contribution in [2.45, 2.75) is 333 Å². The number of aliphatic hydroxyl groups excluding tert-OH is 23. The lowest BCUT2D eigenvalue weighted by molar-refractivity contribution is -0.387. The van der Waals surface area contributed by atoms with Crippen molar-refractivity contribution in [1.82, 2.24) is 0 Å². The van der Waals surface area contributed by atoms with Crippen molar-refractivity contribution < 1.29 is 194 Å². The summed E-state index contributed by atoms with van der Waals surface area (Å²) in [6.45, 7) is 8.98. The third-order valence-electron chi connectivity index (χ3n) is 27.3. The van der Waals surface area contributed by atoms with E-state index in [0.717, 1.165) is 0 Å². The first-order chi connectivity index (χ1) is 52.6. The lowest BCUT2D eigenvalue weighted by atomic mass is 9.38. The molecule has 11 aliphatic rings. The van der Waals surface area contributed by atoms with Crippen LogP contribution in [0.1, 0.15) is 107 Å². The minimum atomic E-state index is -2.16. The molecule has 112 heavy (non-hydrogen) atoms. The molecular formula is C73H122O39. The fourth-order valence-corrected chi connectivity index (χ4v) is 19.7. The Morgan fingerprint density at radius 1 is 0.455 bits per heavy atom. The Morgan fingerprint density at radius 2 is 0.866 bits per heavy atom. The van der Waals surface area contributed by atoms with Gasteiger partial charge in [0, 0.05) is 23.2 Å². The quantitative estimate of drug-likeness (QED) is 0.0340. The van der Waals surface area contributed by atoms with Gasteiger partial charge in [0.25, 0.3) is 0 Å². The van der Waals surface area contributed by atoms with Gasteiger partial charge in [-0.1, -0.05) is 53.2 Å². The Labute approximate surface area is 646 Å². The van der Waals surface area contributed by atoms with Crippen LogP contribution >= 0.6 is 0 Å². The second-order valence-electron chi connectivity index (χ2n) is 34.4. The van der Waals surface area contributed by atoms with Crippen LogP contribution in [0.25, 0.3) is 0 Å². The molecule has 0 spiro atoms. The molecule has 45 atom stereocenters. The summed E-state index contributed by atoms with van der Waals surface area (Å²) < 4.78 is 82.5. The molecule has 24 N–H and O–H groups in total. The predicted octanol–water partition coefficient (Wildman–Crippen LogP) is -9.30. The maximum absolute atomic E-state index is 15.7. The van der Waals surface area contributed by atoms with Gasteiger partial charge in [0.1, 0.15) is 164 Å². The molecule has 7 saturated heterocycles. The number of Topliss-reactive ketones (excluding diaryl/α,β-unsaturated/α-hetero) is 1. The van der Waals surface area contributed by atoms with E-state index in [2.05, 4.69) is 20.8 Å². The van der Waals surface area contributed by atoms with Gasteiger partial charge in [-0.3, -0.25) is 4.79 Å². The van der Waals surface area contributed by atoms with Crippen molar-refractivity contribution in [2.75, 3.05) is 52.9 Å². The highest BCUT2D eigenvalue weighted by molar-refractivity contribution is 5.88. The van der Waals surface area contributed by atoms with Gasteiger partial charge in [-0.25, -0.2) is 0 Å². The number of ether oxygens (including phenoxy) is 14. The largest absolute Gasteiger partial charge is 0.394 e. The van der Waals surface area contributed by atoms with Gasteiger partial charge >= 0.3 is 0 Å². The zero-order valence-electron chi connectivity index (χ0n) is 63.9. The first-order valence-corrected chi connectivity index (χ1v) is 38.9. The Bertz CT molecular complexity index is 3080. The highest BCUT2D eigenvalue weighted by Gasteiger charge is 2.71. The average Bonchev–Trinajstić information content (AvgIpc) is 1.37. The van der Waals surface area contributed by atoms with Crippen LogP contribution in [-0.2, 0) is 71.1 Å². The van der Waals surface area contributed by atoms with Crippen molar-refractivity contribution >= 4 is 5.78 Å².